The Bertz CT molecular complexity index is 1830. The first kappa shape index (κ1) is 27.0. The van der Waals surface area contributed by atoms with Crippen LogP contribution in [0.1, 0.15) is 31.9 Å². The molecule has 0 saturated carbocycles. The number of rotatable bonds is 4. The number of hydrogen-bond donors (Lipinski definition) is 0. The van der Waals surface area contributed by atoms with Gasteiger partial charge >= 0.3 is 5.69 Å². The van der Waals surface area contributed by atoms with Gasteiger partial charge < -0.3 is 14.5 Å². The highest BCUT2D eigenvalue weighted by Crippen LogP contribution is 2.35. The van der Waals surface area contributed by atoms with Crippen LogP contribution in [-0.2, 0) is 11.3 Å². The Morgan fingerprint density at radius 1 is 1.31 bits per heavy atom. The molecule has 1 unspecified atom stereocenters. The Morgan fingerprint density at radius 2 is 2.14 bits per heavy atom. The molecule has 4 aromatic rings. The van der Waals surface area contributed by atoms with Crippen LogP contribution in [0.2, 0.25) is 0 Å². The molecule has 1 amide bonds. The molecule has 0 radical (unpaired) electrons. The van der Waals surface area contributed by atoms with Crippen LogP contribution in [0.15, 0.2) is 42.0 Å². The van der Waals surface area contributed by atoms with Gasteiger partial charge in [0, 0.05) is 31.9 Å². The summed E-state index contributed by atoms with van der Waals surface area (Å²) in [6, 6.07) is 4.59. The van der Waals surface area contributed by atoms with Crippen molar-refractivity contribution >= 4 is 22.8 Å². The number of nitrogens with zero attached hydrogens (tertiary/aromatic N) is 10. The van der Waals surface area contributed by atoms with E-state index in [-0.39, 0.29) is 66.2 Å². The fraction of sp³-hybridized carbons (Fsp3) is 0.357. The Hall–Kier alpha value is -5.19. The number of hydrogen-bond acceptors (Lipinski definition) is 10. The zero-order valence-electron chi connectivity index (χ0n) is 23.1. The van der Waals surface area contributed by atoms with Crippen LogP contribution in [-0.4, -0.2) is 77.6 Å². The second kappa shape index (κ2) is 10.7. The number of anilines is 1. The van der Waals surface area contributed by atoms with E-state index in [1.54, 1.807) is 28.3 Å². The lowest BCUT2D eigenvalue weighted by molar-refractivity contribution is -0.128. The van der Waals surface area contributed by atoms with Crippen LogP contribution >= 0.6 is 0 Å². The smallest absolute Gasteiger partial charge is 0.356 e. The molecule has 2 aliphatic heterocycles. The van der Waals surface area contributed by atoms with Gasteiger partial charge in [-0.2, -0.15) is 10.2 Å². The first-order valence-electron chi connectivity index (χ1n) is 13.5. The largest absolute Gasteiger partial charge is 0.489 e. The highest BCUT2D eigenvalue weighted by molar-refractivity contribution is 5.91. The Balaban J connectivity index is 1.62. The third kappa shape index (κ3) is 4.52. The van der Waals surface area contributed by atoms with Gasteiger partial charge in [-0.05, 0) is 18.1 Å². The van der Waals surface area contributed by atoms with Crippen molar-refractivity contribution in [2.45, 2.75) is 38.8 Å². The number of nitriles is 1. The number of fused-ring (bicyclic) bond motifs is 6. The monoisotopic (exact) mass is 570 g/mol. The average molecular weight is 571 g/mol. The van der Waals surface area contributed by atoms with Gasteiger partial charge in [-0.25, -0.2) is 23.4 Å². The number of halogens is 1. The normalized spacial score (nSPS) is 16.4. The van der Waals surface area contributed by atoms with Gasteiger partial charge in [-0.15, -0.1) is 5.10 Å². The molecule has 14 heteroatoms. The van der Waals surface area contributed by atoms with Crippen molar-refractivity contribution in [3.63, 3.8) is 0 Å². The maximum absolute atomic E-state index is 15.8. The number of carbonyl (C=O) groups is 1. The number of pyridine rings is 2. The van der Waals surface area contributed by atoms with Gasteiger partial charge in [0.15, 0.2) is 11.5 Å². The average Bonchev–Trinajstić information content (AvgIpc) is 3.45. The van der Waals surface area contributed by atoms with E-state index in [1.165, 1.54) is 21.4 Å². The minimum absolute atomic E-state index is 0.0611. The summed E-state index contributed by atoms with van der Waals surface area (Å²) >= 11 is 0. The predicted molar refractivity (Wildman–Crippen MR) is 150 cm³/mol. The summed E-state index contributed by atoms with van der Waals surface area (Å²) in [7, 11) is 0. The quantitative estimate of drug-likeness (QED) is 0.334. The molecule has 13 nitrogen and oxygen atoms in total. The molecule has 1 atom stereocenters. The van der Waals surface area contributed by atoms with Gasteiger partial charge in [0.1, 0.15) is 35.2 Å². The lowest BCUT2D eigenvalue weighted by Crippen LogP contribution is -2.55. The summed E-state index contributed by atoms with van der Waals surface area (Å²) in [4.78, 5) is 43.4. The van der Waals surface area contributed by atoms with Crippen molar-refractivity contribution in [2.75, 3.05) is 31.1 Å². The van der Waals surface area contributed by atoms with E-state index in [9.17, 15) is 14.9 Å². The molecule has 214 valence electrons. The third-order valence-electron chi connectivity index (χ3n) is 7.41. The summed E-state index contributed by atoms with van der Waals surface area (Å²) in [5.74, 6) is -0.467. The molecular formula is C28H27FN10O3. The fourth-order valence-corrected chi connectivity index (χ4v) is 5.44. The molecule has 0 N–H and O–H groups in total. The van der Waals surface area contributed by atoms with Crippen LogP contribution in [0.4, 0.5) is 10.2 Å². The lowest BCUT2D eigenvalue weighted by Gasteiger charge is -2.41. The van der Waals surface area contributed by atoms with Gasteiger partial charge in [-0.1, -0.05) is 25.6 Å². The van der Waals surface area contributed by atoms with Crippen molar-refractivity contribution in [1.82, 2.24) is 39.4 Å². The summed E-state index contributed by atoms with van der Waals surface area (Å²) < 4.78 is 24.8. The van der Waals surface area contributed by atoms with E-state index in [0.717, 1.165) is 0 Å². The maximum atomic E-state index is 15.8. The zero-order valence-corrected chi connectivity index (χ0v) is 23.1. The number of aromatic nitrogens is 7. The first-order chi connectivity index (χ1) is 20.3. The van der Waals surface area contributed by atoms with Gasteiger partial charge in [0.25, 0.3) is 0 Å². The molecule has 0 spiro atoms. The summed E-state index contributed by atoms with van der Waals surface area (Å²) in [6.45, 7) is 8.75. The van der Waals surface area contributed by atoms with Crippen LogP contribution < -0.4 is 15.3 Å². The minimum Gasteiger partial charge on any atom is -0.489 e. The lowest BCUT2D eigenvalue weighted by atomic mass is 10.1. The second-order valence-corrected chi connectivity index (χ2v) is 10.4. The Morgan fingerprint density at radius 3 is 2.90 bits per heavy atom. The number of amides is 1. The van der Waals surface area contributed by atoms with Crippen molar-refractivity contribution in [2.24, 2.45) is 0 Å². The van der Waals surface area contributed by atoms with E-state index in [1.807, 2.05) is 13.8 Å². The summed E-state index contributed by atoms with van der Waals surface area (Å²) in [5.41, 5.74) is 0.565. The van der Waals surface area contributed by atoms with Crippen LogP contribution in [0.5, 0.6) is 5.75 Å². The molecule has 6 heterocycles. The molecule has 4 bridgehead atoms. The molecule has 1 fully saturated rings. The summed E-state index contributed by atoms with van der Waals surface area (Å²) in [6.07, 6.45) is 4.45. The molecule has 6 rings (SSSR count). The molecule has 4 aromatic heterocycles. The molecule has 0 aromatic carbocycles. The van der Waals surface area contributed by atoms with E-state index in [0.29, 0.717) is 30.2 Å². The number of carbonyl (C=O) groups excluding carboxylic acids is 1. The molecule has 42 heavy (non-hydrogen) atoms. The fourth-order valence-electron chi connectivity index (χ4n) is 5.44. The SMILES string of the molecule is C=CC(=O)N1CCN(c2nc(=O)n3c4nc(c(F)cc24)-c2cn(nn2)CCOc2ccnc(C(C)C)c2-3)CC1CC#N. The van der Waals surface area contributed by atoms with Crippen LogP contribution in [0.3, 0.4) is 0 Å². The highest BCUT2D eigenvalue weighted by atomic mass is 19.1. The second-order valence-electron chi connectivity index (χ2n) is 10.4. The zero-order chi connectivity index (χ0) is 29.5. The van der Waals surface area contributed by atoms with Crippen LogP contribution in [0, 0.1) is 17.1 Å². The standard InChI is InChI=1S/C28H27FN10O3/c1-4-22(40)38-10-9-36(14-17(38)5-7-30)26-18-13-19(29)24-20-15-37(35-34-20)11-12-42-21-6-8-31-23(16(2)3)25(21)39(27(18)32-24)28(41)33-26/h4,6,8,13,15-17H,1,5,9-12,14H2,2-3H3. The molecule has 0 aliphatic carbocycles. The van der Waals surface area contributed by atoms with E-state index in [2.05, 4.69) is 37.9 Å². The van der Waals surface area contributed by atoms with Crippen molar-refractivity contribution in [1.29, 1.82) is 5.26 Å². The van der Waals surface area contributed by atoms with E-state index >= 15 is 4.39 Å². The minimum atomic E-state index is -0.666. The number of piperazine rings is 1. The Labute approximate surface area is 239 Å². The van der Waals surface area contributed by atoms with Gasteiger partial charge in [-0.3, -0.25) is 9.78 Å². The van der Waals surface area contributed by atoms with Gasteiger partial charge in [0.2, 0.25) is 5.91 Å². The molecule has 1 saturated heterocycles. The van der Waals surface area contributed by atoms with Crippen LogP contribution in [0.25, 0.3) is 28.1 Å². The number of ether oxygens (including phenoxy) is 1. The predicted octanol–water partition coefficient (Wildman–Crippen LogP) is 2.21. The molecular weight excluding hydrogens is 543 g/mol. The summed E-state index contributed by atoms with van der Waals surface area (Å²) in [5, 5.41) is 17.9. The topological polar surface area (TPSA) is 148 Å². The third-order valence-corrected chi connectivity index (χ3v) is 7.41. The molecule has 2 aliphatic rings. The highest BCUT2D eigenvalue weighted by Gasteiger charge is 2.33. The van der Waals surface area contributed by atoms with E-state index < -0.39 is 17.5 Å². The van der Waals surface area contributed by atoms with Crippen molar-refractivity contribution < 1.29 is 13.9 Å². The van der Waals surface area contributed by atoms with E-state index in [4.69, 9.17) is 4.74 Å². The first-order valence-corrected chi connectivity index (χ1v) is 13.5. The van der Waals surface area contributed by atoms with Crippen molar-refractivity contribution in [3.05, 3.63) is 59.2 Å². The van der Waals surface area contributed by atoms with Gasteiger partial charge in [0.05, 0.1) is 42.4 Å². The Kier molecular flexibility index (Phi) is 6.85. The van der Waals surface area contributed by atoms with Crippen molar-refractivity contribution in [3.8, 4) is 28.9 Å². The maximum Gasteiger partial charge on any atom is 0.356 e.